The quantitative estimate of drug-likeness (QED) is 0.819. The number of nitrogens with one attached hydrogen (secondary N) is 1. The van der Waals surface area contributed by atoms with Crippen molar-refractivity contribution in [3.8, 4) is 0 Å². The number of anilines is 3. The third-order valence-corrected chi connectivity index (χ3v) is 2.61. The maximum Gasteiger partial charge on any atom is 0.125 e. The molecule has 0 radical (unpaired) electrons. The Balaban J connectivity index is 2.30. The molecule has 0 atom stereocenters. The smallest absolute Gasteiger partial charge is 0.125 e. The van der Waals surface area contributed by atoms with Gasteiger partial charge < -0.3 is 11.1 Å². The van der Waals surface area contributed by atoms with Crippen molar-refractivity contribution in [2.24, 2.45) is 0 Å². The van der Waals surface area contributed by atoms with E-state index in [4.69, 9.17) is 5.73 Å². The monoisotopic (exact) mass is 280 g/mol. The Morgan fingerprint density at radius 3 is 2.69 bits per heavy atom. The fourth-order valence-corrected chi connectivity index (χ4v) is 1.76. The molecule has 2 aromatic rings. The molecule has 0 spiro atoms. The summed E-state index contributed by atoms with van der Waals surface area (Å²) in [6.07, 6.45) is 0. The van der Waals surface area contributed by atoms with Crippen LogP contribution in [0.15, 0.2) is 46.9 Å². The van der Waals surface area contributed by atoms with Crippen molar-refractivity contribution in [2.45, 2.75) is 0 Å². The minimum atomic E-state index is -0.313. The normalized spacial score (nSPS) is 10.1. The summed E-state index contributed by atoms with van der Waals surface area (Å²) in [5.41, 5.74) is 7.67. The molecule has 82 valence electrons. The predicted octanol–water partition coefficient (Wildman–Crippen LogP) is 3.91. The maximum absolute atomic E-state index is 13.0. The van der Waals surface area contributed by atoms with Gasteiger partial charge in [0.2, 0.25) is 0 Å². The lowest BCUT2D eigenvalue weighted by atomic mass is 10.2. The molecule has 2 nitrogen and oxygen atoms in total. The Kier molecular flexibility index (Phi) is 3.10. The van der Waals surface area contributed by atoms with Gasteiger partial charge in [-0.05, 0) is 36.4 Å². The van der Waals surface area contributed by atoms with Crippen LogP contribution in [0.3, 0.4) is 0 Å². The third-order valence-electron chi connectivity index (χ3n) is 2.12. The highest BCUT2D eigenvalue weighted by Crippen LogP contribution is 2.25. The van der Waals surface area contributed by atoms with Gasteiger partial charge in [0.05, 0.1) is 11.4 Å². The zero-order valence-electron chi connectivity index (χ0n) is 8.37. The summed E-state index contributed by atoms with van der Waals surface area (Å²) < 4.78 is 14.0. The van der Waals surface area contributed by atoms with Crippen LogP contribution in [-0.2, 0) is 0 Å². The molecule has 4 heteroatoms. The van der Waals surface area contributed by atoms with Crippen molar-refractivity contribution < 1.29 is 4.39 Å². The molecule has 16 heavy (non-hydrogen) atoms. The van der Waals surface area contributed by atoms with E-state index in [2.05, 4.69) is 21.2 Å². The molecule has 0 saturated heterocycles. The minimum Gasteiger partial charge on any atom is -0.397 e. The van der Waals surface area contributed by atoms with Gasteiger partial charge in [0.1, 0.15) is 5.82 Å². The Hall–Kier alpha value is -1.55. The fraction of sp³-hybridized carbons (Fsp3) is 0. The molecule has 0 aliphatic heterocycles. The van der Waals surface area contributed by atoms with Crippen molar-refractivity contribution in [1.29, 1.82) is 0 Å². The topological polar surface area (TPSA) is 38.0 Å². The molecule has 0 saturated carbocycles. The van der Waals surface area contributed by atoms with Gasteiger partial charge in [0.25, 0.3) is 0 Å². The zero-order valence-corrected chi connectivity index (χ0v) is 9.96. The van der Waals surface area contributed by atoms with E-state index in [1.54, 1.807) is 0 Å². The van der Waals surface area contributed by atoms with E-state index in [9.17, 15) is 4.39 Å². The average Bonchev–Trinajstić information content (AvgIpc) is 2.24. The second kappa shape index (κ2) is 4.53. The zero-order chi connectivity index (χ0) is 11.5. The van der Waals surface area contributed by atoms with Crippen LogP contribution in [0.25, 0.3) is 0 Å². The summed E-state index contributed by atoms with van der Waals surface area (Å²) >= 11 is 3.36. The molecule has 0 heterocycles. The molecular weight excluding hydrogens is 271 g/mol. The highest BCUT2D eigenvalue weighted by molar-refractivity contribution is 9.10. The number of hydrogen-bond donors (Lipinski definition) is 2. The first kappa shape index (κ1) is 11.0. The van der Waals surface area contributed by atoms with E-state index < -0.39 is 0 Å². The fourth-order valence-electron chi connectivity index (χ4n) is 1.36. The Labute approximate surface area is 101 Å². The van der Waals surface area contributed by atoms with Crippen LogP contribution < -0.4 is 11.1 Å². The molecule has 0 aliphatic rings. The molecule has 2 aromatic carbocycles. The predicted molar refractivity (Wildman–Crippen MR) is 68.2 cm³/mol. The van der Waals surface area contributed by atoms with Crippen molar-refractivity contribution >= 4 is 33.0 Å². The second-order valence-corrected chi connectivity index (χ2v) is 4.28. The molecule has 0 aliphatic carbocycles. The molecule has 0 unspecified atom stereocenters. The van der Waals surface area contributed by atoms with Crippen LogP contribution in [0, 0.1) is 5.82 Å². The summed E-state index contributed by atoms with van der Waals surface area (Å²) in [6.45, 7) is 0. The van der Waals surface area contributed by atoms with E-state index >= 15 is 0 Å². The number of hydrogen-bond acceptors (Lipinski definition) is 2. The first-order valence-electron chi connectivity index (χ1n) is 4.73. The Morgan fingerprint density at radius 2 is 1.94 bits per heavy atom. The lowest BCUT2D eigenvalue weighted by Gasteiger charge is -2.09. The van der Waals surface area contributed by atoms with Gasteiger partial charge in [-0.25, -0.2) is 4.39 Å². The summed E-state index contributed by atoms with van der Waals surface area (Å²) in [5.74, 6) is -0.313. The van der Waals surface area contributed by atoms with Gasteiger partial charge in [-0.1, -0.05) is 22.0 Å². The van der Waals surface area contributed by atoms with E-state index in [-0.39, 0.29) is 5.82 Å². The van der Waals surface area contributed by atoms with Crippen LogP contribution >= 0.6 is 15.9 Å². The van der Waals surface area contributed by atoms with Crippen molar-refractivity contribution in [2.75, 3.05) is 11.1 Å². The highest BCUT2D eigenvalue weighted by Gasteiger charge is 2.01. The number of nitrogens with two attached hydrogens (primary N) is 1. The lowest BCUT2D eigenvalue weighted by Crippen LogP contribution is -1.96. The van der Waals surface area contributed by atoms with Gasteiger partial charge in [-0.2, -0.15) is 0 Å². The summed E-state index contributed by atoms with van der Waals surface area (Å²) in [6, 6.07) is 11.8. The van der Waals surface area contributed by atoms with E-state index in [1.807, 2.05) is 24.3 Å². The van der Waals surface area contributed by atoms with Crippen LogP contribution in [0.2, 0.25) is 0 Å². The molecule has 3 N–H and O–H groups in total. The summed E-state index contributed by atoms with van der Waals surface area (Å²) in [4.78, 5) is 0. The Bertz CT molecular complexity index is 514. The van der Waals surface area contributed by atoms with Gasteiger partial charge >= 0.3 is 0 Å². The van der Waals surface area contributed by atoms with Crippen LogP contribution in [-0.4, -0.2) is 0 Å². The third kappa shape index (κ3) is 2.52. The first-order chi connectivity index (χ1) is 7.65. The van der Waals surface area contributed by atoms with Gasteiger partial charge in [0, 0.05) is 10.2 Å². The van der Waals surface area contributed by atoms with E-state index in [0.29, 0.717) is 11.4 Å². The highest BCUT2D eigenvalue weighted by atomic mass is 79.9. The number of halogens is 2. The lowest BCUT2D eigenvalue weighted by molar-refractivity contribution is 0.628. The van der Waals surface area contributed by atoms with Gasteiger partial charge in [0.15, 0.2) is 0 Å². The summed E-state index contributed by atoms with van der Waals surface area (Å²) in [5, 5.41) is 3.06. The standard InChI is InChI=1S/C12H10BrFN2/c13-8-2-1-3-10(6-8)16-12-7-9(14)4-5-11(12)15/h1-7,16H,15H2. The van der Waals surface area contributed by atoms with E-state index in [0.717, 1.165) is 10.2 Å². The summed E-state index contributed by atoms with van der Waals surface area (Å²) in [7, 11) is 0. The molecule has 2 rings (SSSR count). The largest absolute Gasteiger partial charge is 0.397 e. The molecular formula is C12H10BrFN2. The number of benzene rings is 2. The molecule has 0 amide bonds. The molecule has 0 aromatic heterocycles. The number of rotatable bonds is 2. The van der Waals surface area contributed by atoms with E-state index in [1.165, 1.54) is 18.2 Å². The van der Waals surface area contributed by atoms with Crippen LogP contribution in [0.1, 0.15) is 0 Å². The van der Waals surface area contributed by atoms with Crippen molar-refractivity contribution in [1.82, 2.24) is 0 Å². The second-order valence-electron chi connectivity index (χ2n) is 3.37. The van der Waals surface area contributed by atoms with Crippen LogP contribution in [0.5, 0.6) is 0 Å². The van der Waals surface area contributed by atoms with Crippen molar-refractivity contribution in [3.63, 3.8) is 0 Å². The SMILES string of the molecule is Nc1ccc(F)cc1Nc1cccc(Br)c1. The van der Waals surface area contributed by atoms with Crippen molar-refractivity contribution in [3.05, 3.63) is 52.8 Å². The molecule has 0 bridgehead atoms. The van der Waals surface area contributed by atoms with Gasteiger partial charge in [-0.3, -0.25) is 0 Å². The number of nitrogen functional groups attached to an aromatic ring is 1. The Morgan fingerprint density at radius 1 is 1.12 bits per heavy atom. The first-order valence-corrected chi connectivity index (χ1v) is 5.52. The molecule has 0 fully saturated rings. The average molecular weight is 281 g/mol. The minimum absolute atomic E-state index is 0.313. The van der Waals surface area contributed by atoms with Crippen LogP contribution in [0.4, 0.5) is 21.5 Å². The maximum atomic E-state index is 13.0. The van der Waals surface area contributed by atoms with Gasteiger partial charge in [-0.15, -0.1) is 0 Å².